The number of carbonyl (C=O) groups excluding carboxylic acids is 1. The largest absolute Gasteiger partial charge is 0.487 e. The molecule has 23 heavy (non-hydrogen) atoms. The first-order valence-electron chi connectivity index (χ1n) is 7.84. The maximum atomic E-state index is 11.6. The fourth-order valence-electron chi connectivity index (χ4n) is 3.42. The Morgan fingerprint density at radius 2 is 2.22 bits per heavy atom. The highest BCUT2D eigenvalue weighted by atomic mass is 16.6. The molecule has 1 N–H and O–H groups in total. The van der Waals surface area contributed by atoms with E-state index in [0.717, 1.165) is 17.0 Å². The van der Waals surface area contributed by atoms with Crippen LogP contribution < -0.4 is 9.64 Å². The molecular formula is C17H23NO5. The van der Waals surface area contributed by atoms with Gasteiger partial charge in [-0.2, -0.15) is 0 Å². The Hall–Kier alpha value is -1.79. The molecule has 2 aliphatic rings. The van der Waals surface area contributed by atoms with Crippen LogP contribution in [0.25, 0.3) is 0 Å². The molecule has 6 nitrogen and oxygen atoms in total. The third-order valence-corrected chi connectivity index (χ3v) is 4.62. The first kappa shape index (κ1) is 16.1. The predicted molar refractivity (Wildman–Crippen MR) is 84.9 cm³/mol. The number of ether oxygens (including phenoxy) is 3. The first-order chi connectivity index (χ1) is 11.0. The second kappa shape index (κ2) is 6.37. The number of aliphatic hydroxyl groups is 1. The molecule has 0 bridgehead atoms. The van der Waals surface area contributed by atoms with E-state index in [1.807, 2.05) is 31.1 Å². The summed E-state index contributed by atoms with van der Waals surface area (Å²) in [5.74, 6) is 0.656. The van der Waals surface area contributed by atoms with Crippen LogP contribution in [0.4, 0.5) is 5.69 Å². The lowest BCUT2D eigenvalue weighted by atomic mass is 9.84. The summed E-state index contributed by atoms with van der Waals surface area (Å²) in [5.41, 5.74) is 2.22. The Morgan fingerprint density at radius 3 is 2.87 bits per heavy atom. The molecule has 4 atom stereocenters. The van der Waals surface area contributed by atoms with E-state index >= 15 is 0 Å². The zero-order valence-electron chi connectivity index (χ0n) is 13.7. The van der Waals surface area contributed by atoms with Crippen LogP contribution in [0.5, 0.6) is 5.75 Å². The summed E-state index contributed by atoms with van der Waals surface area (Å²) >= 11 is 0. The van der Waals surface area contributed by atoms with Gasteiger partial charge in [0.05, 0.1) is 26.2 Å². The summed E-state index contributed by atoms with van der Waals surface area (Å²) in [6, 6.07) is 6.10. The molecule has 126 valence electrons. The SMILES string of the molecule is COC(=O)C[C@H]1C[C@H]2c3cc(N(C)C)ccc3O[C@H]2[C@@H](CO)O1. The summed E-state index contributed by atoms with van der Waals surface area (Å²) in [6.45, 7) is -0.132. The molecule has 0 saturated carbocycles. The highest BCUT2D eigenvalue weighted by Crippen LogP contribution is 2.47. The zero-order valence-corrected chi connectivity index (χ0v) is 13.7. The van der Waals surface area contributed by atoms with E-state index < -0.39 is 6.10 Å². The molecule has 2 heterocycles. The number of hydrogen-bond donors (Lipinski definition) is 1. The number of hydrogen-bond acceptors (Lipinski definition) is 6. The van der Waals surface area contributed by atoms with E-state index in [9.17, 15) is 9.90 Å². The van der Waals surface area contributed by atoms with Crippen LogP contribution in [0.3, 0.4) is 0 Å². The Labute approximate surface area is 135 Å². The minimum atomic E-state index is -0.432. The van der Waals surface area contributed by atoms with Gasteiger partial charge in [0, 0.05) is 31.3 Å². The van der Waals surface area contributed by atoms with Gasteiger partial charge in [-0.05, 0) is 24.6 Å². The first-order valence-corrected chi connectivity index (χ1v) is 7.84. The third-order valence-electron chi connectivity index (χ3n) is 4.62. The third kappa shape index (κ3) is 3.01. The number of methoxy groups -OCH3 is 1. The maximum Gasteiger partial charge on any atom is 0.308 e. The van der Waals surface area contributed by atoms with Crippen LogP contribution in [0.1, 0.15) is 24.3 Å². The van der Waals surface area contributed by atoms with Crippen molar-refractivity contribution in [2.45, 2.75) is 37.1 Å². The van der Waals surface area contributed by atoms with Crippen LogP contribution in [-0.4, -0.2) is 57.2 Å². The normalized spacial score (nSPS) is 28.5. The number of nitrogens with zero attached hydrogens (tertiary/aromatic N) is 1. The van der Waals surface area contributed by atoms with Crippen molar-refractivity contribution in [3.8, 4) is 5.75 Å². The molecule has 0 radical (unpaired) electrons. The van der Waals surface area contributed by atoms with Crippen molar-refractivity contribution in [3.63, 3.8) is 0 Å². The summed E-state index contributed by atoms with van der Waals surface area (Å²) in [5, 5.41) is 9.64. The highest BCUT2D eigenvalue weighted by molar-refractivity contribution is 5.69. The Balaban J connectivity index is 1.86. The van der Waals surface area contributed by atoms with E-state index in [1.165, 1.54) is 7.11 Å². The van der Waals surface area contributed by atoms with Crippen molar-refractivity contribution >= 4 is 11.7 Å². The number of fused-ring (bicyclic) bond motifs is 3. The van der Waals surface area contributed by atoms with Gasteiger partial charge in [-0.25, -0.2) is 0 Å². The zero-order chi connectivity index (χ0) is 16.6. The second-order valence-corrected chi connectivity index (χ2v) is 6.30. The summed E-state index contributed by atoms with van der Waals surface area (Å²) in [6.07, 6.45) is -0.0302. The van der Waals surface area contributed by atoms with Gasteiger partial charge in [-0.3, -0.25) is 4.79 Å². The Bertz CT molecular complexity index is 588. The summed E-state index contributed by atoms with van der Waals surface area (Å²) < 4.78 is 16.6. The van der Waals surface area contributed by atoms with Gasteiger partial charge in [-0.1, -0.05) is 0 Å². The molecule has 1 aromatic rings. The predicted octanol–water partition coefficient (Wildman–Crippen LogP) is 1.31. The fraction of sp³-hybridized carbons (Fsp3) is 0.588. The molecule has 1 aromatic carbocycles. The molecule has 0 amide bonds. The molecule has 0 aliphatic carbocycles. The van der Waals surface area contributed by atoms with Gasteiger partial charge < -0.3 is 24.2 Å². The Kier molecular flexibility index (Phi) is 4.46. The monoisotopic (exact) mass is 321 g/mol. The van der Waals surface area contributed by atoms with Crippen molar-refractivity contribution in [2.24, 2.45) is 0 Å². The van der Waals surface area contributed by atoms with Crippen LogP contribution >= 0.6 is 0 Å². The summed E-state index contributed by atoms with van der Waals surface area (Å²) in [4.78, 5) is 13.6. The molecule has 6 heteroatoms. The topological polar surface area (TPSA) is 68.2 Å². The van der Waals surface area contributed by atoms with Crippen molar-refractivity contribution in [3.05, 3.63) is 23.8 Å². The average Bonchev–Trinajstić information content (AvgIpc) is 2.91. The van der Waals surface area contributed by atoms with Gasteiger partial charge in [0.1, 0.15) is 18.0 Å². The Morgan fingerprint density at radius 1 is 1.43 bits per heavy atom. The van der Waals surface area contributed by atoms with Crippen molar-refractivity contribution in [2.75, 3.05) is 32.7 Å². The van der Waals surface area contributed by atoms with E-state index in [-0.39, 0.29) is 37.1 Å². The van der Waals surface area contributed by atoms with E-state index in [1.54, 1.807) is 0 Å². The average molecular weight is 321 g/mol. The number of esters is 1. The van der Waals surface area contributed by atoms with Gasteiger partial charge >= 0.3 is 5.97 Å². The smallest absolute Gasteiger partial charge is 0.308 e. The number of aliphatic hydroxyl groups excluding tert-OH is 1. The number of anilines is 1. The molecule has 1 saturated heterocycles. The van der Waals surface area contributed by atoms with Gasteiger partial charge in [0.2, 0.25) is 0 Å². The quantitative estimate of drug-likeness (QED) is 0.844. The minimum Gasteiger partial charge on any atom is -0.487 e. The second-order valence-electron chi connectivity index (χ2n) is 6.30. The molecule has 0 aromatic heterocycles. The van der Waals surface area contributed by atoms with Gasteiger partial charge in [-0.15, -0.1) is 0 Å². The van der Waals surface area contributed by atoms with Crippen LogP contribution in [0.2, 0.25) is 0 Å². The lowest BCUT2D eigenvalue weighted by Gasteiger charge is -2.36. The molecular weight excluding hydrogens is 298 g/mol. The number of carbonyl (C=O) groups is 1. The molecule has 0 unspecified atom stereocenters. The molecule has 0 spiro atoms. The highest BCUT2D eigenvalue weighted by Gasteiger charge is 2.46. The maximum absolute atomic E-state index is 11.6. The summed E-state index contributed by atoms with van der Waals surface area (Å²) in [7, 11) is 5.36. The molecule has 3 rings (SSSR count). The number of benzene rings is 1. The van der Waals surface area contributed by atoms with E-state index in [4.69, 9.17) is 14.2 Å². The van der Waals surface area contributed by atoms with Crippen LogP contribution in [-0.2, 0) is 14.3 Å². The fourth-order valence-corrected chi connectivity index (χ4v) is 3.42. The number of rotatable bonds is 4. The molecule has 1 fully saturated rings. The van der Waals surface area contributed by atoms with Crippen LogP contribution in [0.15, 0.2) is 18.2 Å². The van der Waals surface area contributed by atoms with E-state index in [2.05, 4.69) is 6.07 Å². The minimum absolute atomic E-state index is 0.116. The van der Waals surface area contributed by atoms with Gasteiger partial charge in [0.25, 0.3) is 0 Å². The van der Waals surface area contributed by atoms with Crippen LogP contribution in [0, 0.1) is 0 Å². The van der Waals surface area contributed by atoms with Gasteiger partial charge in [0.15, 0.2) is 0 Å². The lowest BCUT2D eigenvalue weighted by Crippen LogP contribution is -2.46. The van der Waals surface area contributed by atoms with E-state index in [0.29, 0.717) is 6.42 Å². The van der Waals surface area contributed by atoms with Crippen molar-refractivity contribution < 1.29 is 24.1 Å². The van der Waals surface area contributed by atoms with Crippen molar-refractivity contribution in [1.82, 2.24) is 0 Å². The standard InChI is InChI=1S/C17H23NO5/c1-18(2)10-4-5-14-12(6-10)13-7-11(8-16(20)21-3)22-15(9-19)17(13)23-14/h4-6,11,13,15,17,19H,7-9H2,1-3H3/t11-,13+,15-,17-/m1/s1. The lowest BCUT2D eigenvalue weighted by molar-refractivity contribution is -0.156. The molecule has 2 aliphatic heterocycles. The van der Waals surface area contributed by atoms with Crippen molar-refractivity contribution in [1.29, 1.82) is 0 Å².